The summed E-state index contributed by atoms with van der Waals surface area (Å²) in [6, 6.07) is 2.33. The molecule has 0 saturated heterocycles. The Morgan fingerprint density at radius 2 is 1.81 bits per heavy atom. The first-order chi connectivity index (χ1) is 12.6. The molecule has 1 aliphatic rings. The molecule has 1 aromatic rings. The van der Waals surface area contributed by atoms with Crippen LogP contribution in [0, 0.1) is 15.9 Å². The summed E-state index contributed by atoms with van der Waals surface area (Å²) in [4.78, 5) is 22.3. The van der Waals surface area contributed by atoms with E-state index in [1.54, 1.807) is 20.8 Å². The van der Waals surface area contributed by atoms with Gasteiger partial charge >= 0.3 is 11.8 Å². The number of carbonyl (C=O) groups excluding carboxylic acids is 1. The van der Waals surface area contributed by atoms with Gasteiger partial charge in [0, 0.05) is 24.2 Å². The highest BCUT2D eigenvalue weighted by atomic mass is 19.1. The largest absolute Gasteiger partial charge is 0.497 e. The van der Waals surface area contributed by atoms with Gasteiger partial charge in [-0.2, -0.15) is 4.39 Å². The Bertz CT molecular complexity index is 697. The fraction of sp³-hybridized carbons (Fsp3) is 0.611. The maximum Gasteiger partial charge on any atom is 0.407 e. The van der Waals surface area contributed by atoms with Crippen LogP contribution in [0.25, 0.3) is 0 Å². The van der Waals surface area contributed by atoms with E-state index in [1.165, 1.54) is 13.2 Å². The van der Waals surface area contributed by atoms with E-state index in [0.29, 0.717) is 25.7 Å². The lowest BCUT2D eigenvalue weighted by atomic mass is 9.91. The highest BCUT2D eigenvalue weighted by molar-refractivity contribution is 5.68. The van der Waals surface area contributed by atoms with Crippen molar-refractivity contribution in [1.29, 1.82) is 0 Å². The van der Waals surface area contributed by atoms with Crippen LogP contribution >= 0.6 is 0 Å². The Balaban J connectivity index is 1.97. The van der Waals surface area contributed by atoms with Gasteiger partial charge in [-0.25, -0.2) is 4.79 Å². The number of anilines is 1. The lowest BCUT2D eigenvalue weighted by Gasteiger charge is -2.31. The summed E-state index contributed by atoms with van der Waals surface area (Å²) in [5, 5.41) is 17.1. The van der Waals surface area contributed by atoms with Gasteiger partial charge in [0.2, 0.25) is 5.82 Å². The van der Waals surface area contributed by atoms with Gasteiger partial charge < -0.3 is 20.1 Å². The molecule has 9 heteroatoms. The molecule has 150 valence electrons. The van der Waals surface area contributed by atoms with Crippen molar-refractivity contribution in [2.75, 3.05) is 12.4 Å². The van der Waals surface area contributed by atoms with E-state index in [1.807, 2.05) is 0 Å². The summed E-state index contributed by atoms with van der Waals surface area (Å²) in [6.45, 7) is 5.40. The quantitative estimate of drug-likeness (QED) is 0.589. The molecule has 8 nitrogen and oxygen atoms in total. The smallest absolute Gasteiger partial charge is 0.407 e. The standard InChI is InChI=1S/C18H26FN3O5/c1-18(2,3)27-17(23)21-12-7-5-11(6-8-12)20-15-10-13(26-4)9-14(19)16(15)22(24)25/h9-12,20H,5-8H2,1-4H3,(H,21,23). The van der Waals surface area contributed by atoms with E-state index < -0.39 is 28.1 Å². The molecular weight excluding hydrogens is 357 g/mol. The van der Waals surface area contributed by atoms with Gasteiger partial charge in [-0.1, -0.05) is 0 Å². The van der Waals surface area contributed by atoms with Crippen molar-refractivity contribution in [3.05, 3.63) is 28.1 Å². The van der Waals surface area contributed by atoms with Crippen LogP contribution in [0.4, 0.5) is 20.6 Å². The number of alkyl carbamates (subject to hydrolysis) is 1. The molecule has 0 aliphatic heterocycles. The number of halogens is 1. The van der Waals surface area contributed by atoms with Gasteiger partial charge in [0.15, 0.2) is 0 Å². The Morgan fingerprint density at radius 3 is 2.33 bits per heavy atom. The fourth-order valence-corrected chi connectivity index (χ4v) is 3.06. The number of amides is 1. The summed E-state index contributed by atoms with van der Waals surface area (Å²) >= 11 is 0. The van der Waals surface area contributed by atoms with Crippen LogP contribution in [0.2, 0.25) is 0 Å². The average molecular weight is 383 g/mol. The van der Waals surface area contributed by atoms with E-state index in [-0.39, 0.29) is 23.5 Å². The van der Waals surface area contributed by atoms with Crippen molar-refractivity contribution in [2.24, 2.45) is 0 Å². The molecule has 1 saturated carbocycles. The Hall–Kier alpha value is -2.58. The summed E-state index contributed by atoms with van der Waals surface area (Å²) < 4.78 is 24.3. The zero-order chi connectivity index (χ0) is 20.2. The second-order valence-electron chi connectivity index (χ2n) is 7.60. The van der Waals surface area contributed by atoms with E-state index in [9.17, 15) is 19.3 Å². The number of nitrogens with one attached hydrogen (secondary N) is 2. The van der Waals surface area contributed by atoms with Crippen LogP contribution in [-0.4, -0.2) is 35.8 Å². The van der Waals surface area contributed by atoms with Crippen LogP contribution < -0.4 is 15.4 Å². The van der Waals surface area contributed by atoms with Crippen LogP contribution in [0.3, 0.4) is 0 Å². The number of rotatable bonds is 5. The van der Waals surface area contributed by atoms with Crippen molar-refractivity contribution in [3.8, 4) is 5.75 Å². The molecule has 0 aromatic heterocycles. The molecule has 0 radical (unpaired) electrons. The van der Waals surface area contributed by atoms with Gasteiger partial charge in [-0.05, 0) is 46.5 Å². The van der Waals surface area contributed by atoms with Gasteiger partial charge in [-0.3, -0.25) is 10.1 Å². The molecule has 0 heterocycles. The summed E-state index contributed by atoms with van der Waals surface area (Å²) in [7, 11) is 1.37. The van der Waals surface area contributed by atoms with Gasteiger partial charge in [-0.15, -0.1) is 0 Å². The molecule has 0 atom stereocenters. The van der Waals surface area contributed by atoms with Crippen molar-refractivity contribution in [2.45, 2.75) is 64.1 Å². The van der Waals surface area contributed by atoms with Crippen LogP contribution in [-0.2, 0) is 4.74 Å². The number of ether oxygens (including phenoxy) is 2. The molecule has 2 rings (SSSR count). The minimum Gasteiger partial charge on any atom is -0.497 e. The molecule has 1 aromatic carbocycles. The third-order valence-electron chi connectivity index (χ3n) is 4.26. The van der Waals surface area contributed by atoms with Crippen molar-refractivity contribution < 1.29 is 23.6 Å². The summed E-state index contributed by atoms with van der Waals surface area (Å²) in [6.07, 6.45) is 2.28. The highest BCUT2D eigenvalue weighted by Crippen LogP contribution is 2.34. The van der Waals surface area contributed by atoms with Crippen LogP contribution in [0.5, 0.6) is 5.75 Å². The van der Waals surface area contributed by atoms with Gasteiger partial charge in [0.05, 0.1) is 12.0 Å². The Morgan fingerprint density at radius 1 is 1.22 bits per heavy atom. The predicted octanol–water partition coefficient (Wildman–Crippen LogP) is 3.99. The van der Waals surface area contributed by atoms with Crippen LogP contribution in [0.1, 0.15) is 46.5 Å². The summed E-state index contributed by atoms with van der Waals surface area (Å²) in [5.74, 6) is -0.733. The minimum atomic E-state index is -0.942. The SMILES string of the molecule is COc1cc(F)c([N+](=O)[O-])c(NC2CCC(NC(=O)OC(C)(C)C)CC2)c1. The monoisotopic (exact) mass is 383 g/mol. The molecule has 0 unspecified atom stereocenters. The lowest BCUT2D eigenvalue weighted by molar-refractivity contribution is -0.386. The molecule has 1 amide bonds. The molecule has 1 aliphatic carbocycles. The topological polar surface area (TPSA) is 103 Å². The van der Waals surface area contributed by atoms with E-state index in [2.05, 4.69) is 10.6 Å². The van der Waals surface area contributed by atoms with Crippen molar-refractivity contribution >= 4 is 17.5 Å². The lowest BCUT2D eigenvalue weighted by Crippen LogP contribution is -2.42. The fourth-order valence-electron chi connectivity index (χ4n) is 3.06. The van der Waals surface area contributed by atoms with Crippen molar-refractivity contribution in [1.82, 2.24) is 5.32 Å². The Labute approximate surface area is 157 Å². The first kappa shape index (κ1) is 20.7. The second kappa shape index (κ2) is 8.41. The first-order valence-corrected chi connectivity index (χ1v) is 8.87. The molecule has 1 fully saturated rings. The summed E-state index contributed by atoms with van der Waals surface area (Å²) in [5.41, 5.74) is -1.05. The maximum atomic E-state index is 14.0. The maximum absolute atomic E-state index is 14.0. The van der Waals surface area contributed by atoms with Gasteiger partial charge in [0.25, 0.3) is 0 Å². The number of nitrogens with zero attached hydrogens (tertiary/aromatic N) is 1. The minimum absolute atomic E-state index is 0.0186. The number of benzene rings is 1. The number of hydrogen-bond acceptors (Lipinski definition) is 6. The first-order valence-electron chi connectivity index (χ1n) is 8.87. The number of hydrogen-bond donors (Lipinski definition) is 2. The van der Waals surface area contributed by atoms with E-state index in [4.69, 9.17) is 9.47 Å². The molecule has 0 spiro atoms. The molecule has 0 bridgehead atoms. The number of methoxy groups -OCH3 is 1. The number of nitro groups is 1. The highest BCUT2D eigenvalue weighted by Gasteiger charge is 2.28. The molecule has 2 N–H and O–H groups in total. The molecular formula is C18H26FN3O5. The van der Waals surface area contributed by atoms with E-state index >= 15 is 0 Å². The second-order valence-corrected chi connectivity index (χ2v) is 7.60. The third-order valence-corrected chi connectivity index (χ3v) is 4.26. The number of carbonyl (C=O) groups is 1. The van der Waals surface area contributed by atoms with E-state index in [0.717, 1.165) is 6.07 Å². The van der Waals surface area contributed by atoms with Gasteiger partial charge in [0.1, 0.15) is 17.0 Å². The normalized spacial score (nSPS) is 19.9. The number of nitro benzene ring substituents is 1. The Kier molecular flexibility index (Phi) is 6.45. The average Bonchev–Trinajstić information content (AvgIpc) is 2.54. The molecule has 27 heavy (non-hydrogen) atoms. The van der Waals surface area contributed by atoms with Crippen molar-refractivity contribution in [3.63, 3.8) is 0 Å². The zero-order valence-electron chi connectivity index (χ0n) is 16.0. The zero-order valence-corrected chi connectivity index (χ0v) is 16.0. The predicted molar refractivity (Wildman–Crippen MR) is 98.6 cm³/mol. The third kappa shape index (κ3) is 5.97. The van der Waals surface area contributed by atoms with Crippen LogP contribution in [0.15, 0.2) is 12.1 Å².